The van der Waals surface area contributed by atoms with Crippen LogP contribution in [0.4, 0.5) is 26.3 Å². The summed E-state index contributed by atoms with van der Waals surface area (Å²) in [5, 5.41) is 11.9. The minimum absolute atomic E-state index is 0.0652. The highest BCUT2D eigenvalue weighted by atomic mass is 32.2. The van der Waals surface area contributed by atoms with Crippen LogP contribution in [0.25, 0.3) is 10.9 Å². The summed E-state index contributed by atoms with van der Waals surface area (Å²) in [5.74, 6) is 0. The van der Waals surface area contributed by atoms with Crippen LogP contribution in [0.1, 0.15) is 47.8 Å². The van der Waals surface area contributed by atoms with Gasteiger partial charge in [-0.1, -0.05) is 36.2 Å². The smallest absolute Gasteiger partial charge is 0.386 e. The number of piperidine rings is 1. The monoisotopic (exact) mass is 589 g/mol. The molecule has 0 spiro atoms. The Morgan fingerprint density at radius 2 is 1.62 bits per heavy atom. The van der Waals surface area contributed by atoms with Crippen LogP contribution < -0.4 is 5.32 Å². The minimum Gasteiger partial charge on any atom is -0.386 e. The minimum atomic E-state index is -5.16. The van der Waals surface area contributed by atoms with E-state index in [1.54, 1.807) is 6.92 Å². The van der Waals surface area contributed by atoms with Gasteiger partial charge in [0.1, 0.15) is 17.2 Å². The van der Waals surface area contributed by atoms with Gasteiger partial charge in [-0.05, 0) is 62.7 Å². The first-order valence-electron chi connectivity index (χ1n) is 12.7. The number of aliphatic hydroxyl groups is 1. The van der Waals surface area contributed by atoms with Gasteiger partial charge in [-0.25, -0.2) is 13.4 Å². The molecule has 0 amide bonds. The third-order valence-corrected chi connectivity index (χ3v) is 9.00. The van der Waals surface area contributed by atoms with Crippen LogP contribution in [0.3, 0.4) is 0 Å². The van der Waals surface area contributed by atoms with E-state index in [2.05, 4.69) is 15.2 Å². The number of aliphatic hydroxyl groups excluding tert-OH is 1. The van der Waals surface area contributed by atoms with E-state index in [1.165, 1.54) is 24.3 Å². The molecular weight excluding hydrogens is 560 g/mol. The van der Waals surface area contributed by atoms with Crippen molar-refractivity contribution in [1.82, 2.24) is 15.2 Å². The van der Waals surface area contributed by atoms with Crippen molar-refractivity contribution in [2.75, 3.05) is 26.2 Å². The average Bonchev–Trinajstić information content (AvgIpc) is 2.89. The van der Waals surface area contributed by atoms with Crippen LogP contribution in [0, 0.1) is 6.92 Å². The first-order chi connectivity index (χ1) is 18.7. The number of aromatic nitrogens is 1. The molecule has 0 radical (unpaired) electrons. The summed E-state index contributed by atoms with van der Waals surface area (Å²) < 4.78 is 110. The van der Waals surface area contributed by atoms with Gasteiger partial charge in [-0.3, -0.25) is 5.32 Å². The number of halogens is 6. The number of benzene rings is 2. The molecule has 2 aromatic carbocycles. The summed E-state index contributed by atoms with van der Waals surface area (Å²) in [6.45, 7) is 3.80. The fraction of sp³-hybridized carbons (Fsp3) is 0.444. The predicted molar refractivity (Wildman–Crippen MR) is 137 cm³/mol. The van der Waals surface area contributed by atoms with Crippen LogP contribution in [0.2, 0.25) is 0 Å². The molecule has 1 aliphatic heterocycles. The summed E-state index contributed by atoms with van der Waals surface area (Å²) in [4.78, 5) is 5.13. The highest BCUT2D eigenvalue weighted by Crippen LogP contribution is 2.40. The van der Waals surface area contributed by atoms with Crippen LogP contribution >= 0.6 is 0 Å². The van der Waals surface area contributed by atoms with E-state index in [1.807, 2.05) is 0 Å². The first-order valence-corrected chi connectivity index (χ1v) is 14.3. The van der Waals surface area contributed by atoms with Gasteiger partial charge in [0.2, 0.25) is 0 Å². The average molecular weight is 590 g/mol. The molecule has 2 heterocycles. The number of sulfone groups is 1. The van der Waals surface area contributed by atoms with E-state index in [4.69, 9.17) is 0 Å². The summed E-state index contributed by atoms with van der Waals surface area (Å²) in [6, 6.07) is 8.74. The van der Waals surface area contributed by atoms with E-state index >= 15 is 0 Å². The second-order valence-corrected chi connectivity index (χ2v) is 11.9. The molecule has 13 heteroatoms. The van der Waals surface area contributed by atoms with E-state index in [-0.39, 0.29) is 11.4 Å². The second-order valence-electron chi connectivity index (χ2n) is 9.87. The molecule has 2 unspecified atom stereocenters. The zero-order chi connectivity index (χ0) is 29.3. The van der Waals surface area contributed by atoms with Gasteiger partial charge >= 0.3 is 12.4 Å². The number of likely N-dealkylation sites (tertiary alicyclic amines) is 1. The van der Waals surface area contributed by atoms with Gasteiger partial charge in [0.15, 0.2) is 9.84 Å². The summed E-state index contributed by atoms with van der Waals surface area (Å²) >= 11 is 0. The van der Waals surface area contributed by atoms with Gasteiger partial charge in [0.05, 0.1) is 16.0 Å². The lowest BCUT2D eigenvalue weighted by atomic mass is 9.99. The number of para-hydroxylation sites is 1. The standard InChI is InChI=1S/C27H29F6N3O3S/c1-17-8-10-18(11-9-17)40(38,39)25(34-12-15-36-13-3-2-4-14-36)24(37)20-16-22(27(31,32)33)35-23-19(20)6-5-7-21(23)26(28,29)30/h5-11,16,24-25,34,37H,2-4,12-15H2,1H3. The summed E-state index contributed by atoms with van der Waals surface area (Å²) in [5.41, 5.74) is -4.01. The number of hydrogen-bond donors (Lipinski definition) is 2. The molecule has 2 atom stereocenters. The molecule has 4 rings (SSSR count). The van der Waals surface area contributed by atoms with Crippen molar-refractivity contribution >= 4 is 20.7 Å². The van der Waals surface area contributed by atoms with Crippen molar-refractivity contribution < 1.29 is 39.9 Å². The molecule has 0 saturated carbocycles. The van der Waals surface area contributed by atoms with Crippen molar-refractivity contribution in [2.24, 2.45) is 0 Å². The molecule has 0 aliphatic carbocycles. The molecule has 2 N–H and O–H groups in total. The van der Waals surface area contributed by atoms with Crippen LogP contribution in [0.15, 0.2) is 53.4 Å². The Labute approximate surface area is 227 Å². The molecule has 1 aliphatic rings. The number of alkyl halides is 6. The van der Waals surface area contributed by atoms with Gasteiger partial charge in [-0.15, -0.1) is 0 Å². The van der Waals surface area contributed by atoms with E-state index in [9.17, 15) is 39.9 Å². The van der Waals surface area contributed by atoms with Crippen molar-refractivity contribution in [2.45, 2.75) is 54.9 Å². The third kappa shape index (κ3) is 6.59. The molecule has 218 valence electrons. The van der Waals surface area contributed by atoms with E-state index < -0.39 is 61.4 Å². The Kier molecular flexibility index (Phi) is 8.79. The third-order valence-electron chi connectivity index (χ3n) is 6.98. The predicted octanol–water partition coefficient (Wildman–Crippen LogP) is 5.49. The zero-order valence-electron chi connectivity index (χ0n) is 21.6. The number of rotatable bonds is 8. The Balaban J connectivity index is 1.83. The van der Waals surface area contributed by atoms with Crippen LogP contribution in [0.5, 0.6) is 0 Å². The summed E-state index contributed by atoms with van der Waals surface area (Å²) in [6.07, 6.45) is -9.35. The number of aryl methyl sites for hydroxylation is 1. The largest absolute Gasteiger partial charge is 0.433 e. The van der Waals surface area contributed by atoms with Crippen molar-refractivity contribution in [3.05, 3.63) is 70.9 Å². The number of hydrogen-bond acceptors (Lipinski definition) is 6. The van der Waals surface area contributed by atoms with E-state index in [0.29, 0.717) is 18.7 Å². The lowest BCUT2D eigenvalue weighted by molar-refractivity contribution is -0.142. The Morgan fingerprint density at radius 3 is 2.23 bits per heavy atom. The Bertz CT molecular complexity index is 1440. The fourth-order valence-corrected chi connectivity index (χ4v) is 6.50. The highest BCUT2D eigenvalue weighted by Gasteiger charge is 2.41. The quantitative estimate of drug-likeness (QED) is 0.339. The molecule has 1 fully saturated rings. The van der Waals surface area contributed by atoms with E-state index in [0.717, 1.165) is 50.0 Å². The topological polar surface area (TPSA) is 82.5 Å². The van der Waals surface area contributed by atoms with Gasteiger partial charge in [-0.2, -0.15) is 26.3 Å². The van der Waals surface area contributed by atoms with Crippen molar-refractivity contribution in [3.8, 4) is 0 Å². The Hall–Kier alpha value is -2.74. The normalized spacial score (nSPS) is 17.2. The number of nitrogens with zero attached hydrogens (tertiary/aromatic N) is 2. The number of fused-ring (bicyclic) bond motifs is 1. The SMILES string of the molecule is Cc1ccc(S(=O)(=O)C(NCCN2CCCCC2)C(O)c2cc(C(F)(F)F)nc3c(C(F)(F)F)cccc23)cc1. The maximum atomic E-state index is 13.8. The maximum Gasteiger partial charge on any atom is 0.433 e. The number of nitrogens with one attached hydrogen (secondary N) is 1. The van der Waals surface area contributed by atoms with Gasteiger partial charge < -0.3 is 10.0 Å². The lowest BCUT2D eigenvalue weighted by Gasteiger charge is -2.29. The first kappa shape index (κ1) is 30.2. The molecule has 0 bridgehead atoms. The van der Waals surface area contributed by atoms with Crippen LogP contribution in [-0.4, -0.2) is 55.0 Å². The molecule has 1 saturated heterocycles. The van der Waals surface area contributed by atoms with Crippen LogP contribution in [-0.2, 0) is 22.2 Å². The number of pyridine rings is 1. The zero-order valence-corrected chi connectivity index (χ0v) is 22.4. The highest BCUT2D eigenvalue weighted by molar-refractivity contribution is 7.92. The molecule has 6 nitrogen and oxygen atoms in total. The lowest BCUT2D eigenvalue weighted by Crippen LogP contribution is -2.45. The molecule has 40 heavy (non-hydrogen) atoms. The fourth-order valence-electron chi connectivity index (χ4n) is 4.87. The van der Waals surface area contributed by atoms with Gasteiger partial charge in [0, 0.05) is 18.5 Å². The van der Waals surface area contributed by atoms with Crippen molar-refractivity contribution in [1.29, 1.82) is 0 Å². The summed E-state index contributed by atoms with van der Waals surface area (Å²) in [7, 11) is -4.43. The maximum absolute atomic E-state index is 13.8. The molecule has 1 aromatic heterocycles. The van der Waals surface area contributed by atoms with Gasteiger partial charge in [0.25, 0.3) is 0 Å². The Morgan fingerprint density at radius 1 is 0.975 bits per heavy atom. The molecule has 3 aromatic rings. The second kappa shape index (κ2) is 11.6. The van der Waals surface area contributed by atoms with Crippen molar-refractivity contribution in [3.63, 3.8) is 0 Å². The molecular formula is C27H29F6N3O3S.